The molecule has 0 radical (unpaired) electrons. The summed E-state index contributed by atoms with van der Waals surface area (Å²) < 4.78 is 5.32. The average Bonchev–Trinajstić information content (AvgIpc) is 3.16. The van der Waals surface area contributed by atoms with E-state index in [0.29, 0.717) is 5.69 Å². The van der Waals surface area contributed by atoms with Gasteiger partial charge in [0.2, 0.25) is 0 Å². The summed E-state index contributed by atoms with van der Waals surface area (Å²) >= 11 is 0. The first kappa shape index (κ1) is 21.9. The number of hydrogen-bond acceptors (Lipinski definition) is 4. The number of anilines is 1. The minimum absolute atomic E-state index is 0.165. The number of primary amides is 1. The topological polar surface area (TPSA) is 126 Å². The number of aryl methyl sites for hydroxylation is 1. The van der Waals surface area contributed by atoms with Gasteiger partial charge in [0, 0.05) is 29.2 Å². The van der Waals surface area contributed by atoms with E-state index in [9.17, 15) is 14.4 Å². The molecule has 2 atom stereocenters. The second-order valence-electron chi connectivity index (χ2n) is 7.24. The number of aromatic nitrogens is 1. The highest BCUT2D eigenvalue weighted by Crippen LogP contribution is 2.19. The van der Waals surface area contributed by atoms with E-state index in [1.54, 1.807) is 18.3 Å². The highest BCUT2D eigenvalue weighted by atomic mass is 16.5. The van der Waals surface area contributed by atoms with Gasteiger partial charge in [-0.1, -0.05) is 37.3 Å². The van der Waals surface area contributed by atoms with Crippen molar-refractivity contribution in [1.29, 1.82) is 0 Å². The van der Waals surface area contributed by atoms with Crippen LogP contribution < -0.4 is 16.4 Å². The number of H-pyrrole nitrogens is 1. The first-order valence-corrected chi connectivity index (χ1v) is 10.1. The van der Waals surface area contributed by atoms with Gasteiger partial charge in [-0.15, -0.1) is 0 Å². The van der Waals surface area contributed by atoms with Crippen LogP contribution in [0.4, 0.5) is 10.5 Å². The zero-order valence-electron chi connectivity index (χ0n) is 17.5. The van der Waals surface area contributed by atoms with Crippen molar-refractivity contribution in [3.05, 3.63) is 65.9 Å². The van der Waals surface area contributed by atoms with E-state index < -0.39 is 30.1 Å². The number of hydrogen-bond donors (Lipinski definition) is 4. The van der Waals surface area contributed by atoms with Gasteiger partial charge < -0.3 is 26.1 Å². The number of benzene rings is 2. The number of urea groups is 1. The number of para-hydroxylation sites is 1. The van der Waals surface area contributed by atoms with Crippen LogP contribution in [0.25, 0.3) is 10.9 Å². The third kappa shape index (κ3) is 5.63. The van der Waals surface area contributed by atoms with Crippen molar-refractivity contribution < 1.29 is 19.1 Å². The molecule has 3 amide bonds. The Balaban J connectivity index is 1.66. The molecule has 1 heterocycles. The van der Waals surface area contributed by atoms with Crippen LogP contribution in [0, 0.1) is 0 Å². The smallest absolute Gasteiger partial charge is 0.329 e. The van der Waals surface area contributed by atoms with Crippen LogP contribution in [-0.2, 0) is 27.2 Å². The number of aromatic amines is 1. The number of amides is 3. The first-order valence-electron chi connectivity index (χ1n) is 10.1. The molecule has 31 heavy (non-hydrogen) atoms. The Hall–Kier alpha value is -3.81. The summed E-state index contributed by atoms with van der Waals surface area (Å²) in [4.78, 5) is 39.7. The predicted octanol–water partition coefficient (Wildman–Crippen LogP) is 2.88. The first-order chi connectivity index (χ1) is 14.9. The van der Waals surface area contributed by atoms with E-state index in [1.807, 2.05) is 43.3 Å². The number of fused-ring (bicyclic) bond motifs is 1. The largest absolute Gasteiger partial charge is 0.451 e. The number of esters is 1. The standard InChI is InChI=1S/C23H26N4O4/c1-3-15-8-10-17(11-9-15)26-21(28)14(2)31-22(29)20(27-23(24)30)12-16-13-25-19-7-5-4-6-18(16)19/h4-11,13-14,20,25H,3,12H2,1-2H3,(H,26,28)(H3,24,27,30)/t14-,20+/m1/s1. The monoisotopic (exact) mass is 422 g/mol. The molecule has 8 nitrogen and oxygen atoms in total. The van der Waals surface area contributed by atoms with Crippen molar-refractivity contribution in [3.63, 3.8) is 0 Å². The van der Waals surface area contributed by atoms with Crippen LogP contribution in [0.3, 0.4) is 0 Å². The second-order valence-corrected chi connectivity index (χ2v) is 7.24. The maximum atomic E-state index is 12.7. The number of rotatable bonds is 8. The van der Waals surface area contributed by atoms with Gasteiger partial charge in [0.1, 0.15) is 6.04 Å². The summed E-state index contributed by atoms with van der Waals surface area (Å²) in [7, 11) is 0. The van der Waals surface area contributed by atoms with E-state index >= 15 is 0 Å². The lowest BCUT2D eigenvalue weighted by Crippen LogP contribution is -2.47. The molecule has 3 rings (SSSR count). The number of nitrogens with two attached hydrogens (primary N) is 1. The fraction of sp³-hybridized carbons (Fsp3) is 0.261. The van der Waals surface area contributed by atoms with Crippen LogP contribution >= 0.6 is 0 Å². The molecule has 3 aromatic rings. The molecule has 0 saturated heterocycles. The van der Waals surface area contributed by atoms with E-state index in [-0.39, 0.29) is 6.42 Å². The predicted molar refractivity (Wildman–Crippen MR) is 119 cm³/mol. The van der Waals surface area contributed by atoms with Gasteiger partial charge in [0.25, 0.3) is 5.91 Å². The van der Waals surface area contributed by atoms with Crippen LogP contribution in [0.2, 0.25) is 0 Å². The summed E-state index contributed by atoms with van der Waals surface area (Å²) in [5, 5.41) is 6.05. The lowest BCUT2D eigenvalue weighted by Gasteiger charge is -2.19. The zero-order chi connectivity index (χ0) is 22.4. The summed E-state index contributed by atoms with van der Waals surface area (Å²) in [6, 6.07) is 13.1. The van der Waals surface area contributed by atoms with E-state index in [4.69, 9.17) is 10.5 Å². The van der Waals surface area contributed by atoms with Gasteiger partial charge in [-0.2, -0.15) is 0 Å². The van der Waals surface area contributed by atoms with Gasteiger partial charge in [-0.05, 0) is 42.7 Å². The van der Waals surface area contributed by atoms with Crippen LogP contribution in [0.15, 0.2) is 54.7 Å². The van der Waals surface area contributed by atoms with Gasteiger partial charge >= 0.3 is 12.0 Å². The van der Waals surface area contributed by atoms with Crippen LogP contribution in [-0.4, -0.2) is 35.0 Å². The Kier molecular flexibility index (Phi) is 6.92. The molecule has 0 aliphatic carbocycles. The van der Waals surface area contributed by atoms with Gasteiger partial charge in [0.05, 0.1) is 0 Å². The second kappa shape index (κ2) is 9.80. The Bertz CT molecular complexity index is 1070. The maximum Gasteiger partial charge on any atom is 0.329 e. The molecular formula is C23H26N4O4. The molecule has 2 aromatic carbocycles. The number of ether oxygens (including phenoxy) is 1. The quantitative estimate of drug-likeness (QED) is 0.416. The Morgan fingerprint density at radius 2 is 1.81 bits per heavy atom. The van der Waals surface area contributed by atoms with E-state index in [0.717, 1.165) is 28.5 Å². The fourth-order valence-corrected chi connectivity index (χ4v) is 3.26. The molecule has 162 valence electrons. The van der Waals surface area contributed by atoms with Crippen LogP contribution in [0.1, 0.15) is 25.0 Å². The summed E-state index contributed by atoms with van der Waals surface area (Å²) in [6.45, 7) is 3.52. The Morgan fingerprint density at radius 1 is 1.10 bits per heavy atom. The summed E-state index contributed by atoms with van der Waals surface area (Å²) in [5.41, 5.74) is 8.73. The van der Waals surface area contributed by atoms with Crippen LogP contribution in [0.5, 0.6) is 0 Å². The molecule has 0 aliphatic rings. The molecule has 0 fully saturated rings. The number of nitrogens with one attached hydrogen (secondary N) is 3. The molecule has 0 aliphatic heterocycles. The maximum absolute atomic E-state index is 12.7. The summed E-state index contributed by atoms with van der Waals surface area (Å²) in [5.74, 6) is -1.21. The Morgan fingerprint density at radius 3 is 2.48 bits per heavy atom. The zero-order valence-corrected chi connectivity index (χ0v) is 17.5. The van der Waals surface area contributed by atoms with Gasteiger partial charge in [-0.3, -0.25) is 4.79 Å². The molecule has 0 bridgehead atoms. The van der Waals surface area contributed by atoms with Crippen molar-refractivity contribution in [2.24, 2.45) is 5.73 Å². The molecule has 0 unspecified atom stereocenters. The van der Waals surface area contributed by atoms with E-state index in [1.165, 1.54) is 6.92 Å². The van der Waals surface area contributed by atoms with Gasteiger partial charge in [-0.25, -0.2) is 9.59 Å². The van der Waals surface area contributed by atoms with Crippen molar-refractivity contribution >= 4 is 34.5 Å². The van der Waals surface area contributed by atoms with E-state index in [2.05, 4.69) is 15.6 Å². The highest BCUT2D eigenvalue weighted by molar-refractivity contribution is 5.95. The third-order valence-corrected chi connectivity index (χ3v) is 4.99. The molecule has 5 N–H and O–H groups in total. The molecule has 8 heteroatoms. The molecular weight excluding hydrogens is 396 g/mol. The average molecular weight is 422 g/mol. The molecule has 1 aromatic heterocycles. The molecule has 0 spiro atoms. The van der Waals surface area contributed by atoms with Crippen molar-refractivity contribution in [3.8, 4) is 0 Å². The van der Waals surface area contributed by atoms with Crippen molar-refractivity contribution in [2.75, 3.05) is 5.32 Å². The highest BCUT2D eigenvalue weighted by Gasteiger charge is 2.27. The lowest BCUT2D eigenvalue weighted by molar-refractivity contribution is -0.155. The van der Waals surface area contributed by atoms with Gasteiger partial charge in [0.15, 0.2) is 6.10 Å². The fourth-order valence-electron chi connectivity index (χ4n) is 3.26. The normalized spacial score (nSPS) is 12.7. The number of carbonyl (C=O) groups excluding carboxylic acids is 3. The third-order valence-electron chi connectivity index (χ3n) is 4.99. The minimum Gasteiger partial charge on any atom is -0.451 e. The summed E-state index contributed by atoms with van der Waals surface area (Å²) in [6.07, 6.45) is 1.77. The Labute approximate surface area is 180 Å². The lowest BCUT2D eigenvalue weighted by atomic mass is 10.1. The van der Waals surface area contributed by atoms with Crippen molar-refractivity contribution in [1.82, 2.24) is 10.3 Å². The van der Waals surface area contributed by atoms with Crippen molar-refractivity contribution in [2.45, 2.75) is 38.8 Å². The minimum atomic E-state index is -1.06. The molecule has 0 saturated carbocycles. The number of carbonyl (C=O) groups is 3. The SMILES string of the molecule is CCc1ccc(NC(=O)[C@@H](C)OC(=O)[C@H](Cc2c[nH]c3ccccc23)NC(N)=O)cc1.